The van der Waals surface area contributed by atoms with E-state index < -0.39 is 0 Å². The van der Waals surface area contributed by atoms with E-state index in [2.05, 4.69) is 10.3 Å². The molecule has 27 heavy (non-hydrogen) atoms. The van der Waals surface area contributed by atoms with Crippen LogP contribution in [0.5, 0.6) is 0 Å². The highest BCUT2D eigenvalue weighted by molar-refractivity contribution is 5.79. The highest BCUT2D eigenvalue weighted by Crippen LogP contribution is 2.51. The van der Waals surface area contributed by atoms with Crippen LogP contribution in [0.25, 0.3) is 11.0 Å². The second-order valence-electron chi connectivity index (χ2n) is 8.74. The zero-order valence-electron chi connectivity index (χ0n) is 15.6. The number of Topliss-reactive ketones (excluding diaryl/α,β-unsaturated/α-hetero) is 1. The Morgan fingerprint density at radius 3 is 2.56 bits per heavy atom. The van der Waals surface area contributed by atoms with Crippen molar-refractivity contribution in [3.05, 3.63) is 28.7 Å². The van der Waals surface area contributed by atoms with Crippen molar-refractivity contribution in [1.82, 2.24) is 14.5 Å². The predicted molar refractivity (Wildman–Crippen MR) is 104 cm³/mol. The van der Waals surface area contributed by atoms with Crippen molar-refractivity contribution in [2.24, 2.45) is 5.41 Å². The summed E-state index contributed by atoms with van der Waals surface area (Å²) < 4.78 is 1.88. The summed E-state index contributed by atoms with van der Waals surface area (Å²) in [6.07, 6.45) is 12.0. The molecule has 0 atom stereocenters. The molecule has 3 fully saturated rings. The summed E-state index contributed by atoms with van der Waals surface area (Å²) in [5.41, 5.74) is 1.15. The highest BCUT2D eigenvalue weighted by Gasteiger charge is 2.46. The molecule has 0 radical (unpaired) electrons. The first kappa shape index (κ1) is 16.9. The maximum absolute atomic E-state index is 12.5. The Kier molecular flexibility index (Phi) is 4.02. The van der Waals surface area contributed by atoms with Gasteiger partial charge in [0.1, 0.15) is 11.4 Å². The second kappa shape index (κ2) is 6.43. The Balaban J connectivity index is 1.36. The summed E-state index contributed by atoms with van der Waals surface area (Å²) in [6.45, 7) is 0. The number of carbonyl (C=O) groups excluding carboxylic acids is 1. The van der Waals surface area contributed by atoms with E-state index in [9.17, 15) is 9.59 Å². The third-order valence-electron chi connectivity index (χ3n) is 6.92. The van der Waals surface area contributed by atoms with E-state index in [1.807, 2.05) is 16.8 Å². The van der Waals surface area contributed by atoms with Crippen LogP contribution >= 0.6 is 0 Å². The lowest BCUT2D eigenvalue weighted by Crippen LogP contribution is -2.47. The van der Waals surface area contributed by atoms with Gasteiger partial charge in [-0.25, -0.2) is 4.98 Å². The quantitative estimate of drug-likeness (QED) is 0.898. The molecular weight excluding hydrogens is 340 g/mol. The van der Waals surface area contributed by atoms with Gasteiger partial charge in [0.2, 0.25) is 5.95 Å². The van der Waals surface area contributed by atoms with Crippen molar-refractivity contribution in [3.63, 3.8) is 0 Å². The van der Waals surface area contributed by atoms with Gasteiger partial charge in [-0.2, -0.15) is 4.98 Å². The number of anilines is 1. The number of fused-ring (bicyclic) bond motifs is 1. The first-order valence-electron chi connectivity index (χ1n) is 10.3. The van der Waals surface area contributed by atoms with Gasteiger partial charge in [-0.15, -0.1) is 0 Å². The molecule has 0 aliphatic heterocycles. The zero-order valence-corrected chi connectivity index (χ0v) is 15.6. The molecule has 3 saturated carbocycles. The molecular formula is C21H26N4O2. The largest absolute Gasteiger partial charge is 0.351 e. The van der Waals surface area contributed by atoms with E-state index in [0.29, 0.717) is 23.2 Å². The fourth-order valence-electron chi connectivity index (χ4n) is 5.36. The summed E-state index contributed by atoms with van der Waals surface area (Å²) in [5, 5.41) is 4.39. The third-order valence-corrected chi connectivity index (χ3v) is 6.92. The molecule has 6 heteroatoms. The number of nitrogens with zero attached hydrogens (tertiary/aromatic N) is 3. The Morgan fingerprint density at radius 2 is 1.81 bits per heavy atom. The van der Waals surface area contributed by atoms with E-state index in [1.54, 1.807) is 6.07 Å². The molecule has 6 nitrogen and oxygen atoms in total. The fraction of sp³-hybridized carbons (Fsp3) is 0.619. The van der Waals surface area contributed by atoms with Gasteiger partial charge in [-0.05, 0) is 50.0 Å². The van der Waals surface area contributed by atoms with Crippen LogP contribution in [0.15, 0.2) is 23.1 Å². The van der Waals surface area contributed by atoms with E-state index >= 15 is 0 Å². The molecule has 1 N–H and O–H groups in total. The number of aromatic nitrogens is 3. The first-order chi connectivity index (χ1) is 13.1. The van der Waals surface area contributed by atoms with Gasteiger partial charge >= 0.3 is 0 Å². The van der Waals surface area contributed by atoms with E-state index in [1.165, 1.54) is 12.8 Å². The van der Waals surface area contributed by atoms with Gasteiger partial charge in [0, 0.05) is 42.6 Å². The van der Waals surface area contributed by atoms with Gasteiger partial charge < -0.3 is 5.32 Å². The summed E-state index contributed by atoms with van der Waals surface area (Å²) in [5.74, 6) is 1.03. The van der Waals surface area contributed by atoms with Crippen molar-refractivity contribution in [2.45, 2.75) is 76.3 Å². The Hall–Kier alpha value is -2.24. The molecule has 0 saturated heterocycles. The summed E-state index contributed by atoms with van der Waals surface area (Å²) in [7, 11) is 0. The normalized spacial score (nSPS) is 23.0. The van der Waals surface area contributed by atoms with Crippen LogP contribution in [-0.4, -0.2) is 26.4 Å². The monoisotopic (exact) mass is 366 g/mol. The van der Waals surface area contributed by atoms with E-state index in [4.69, 9.17) is 4.98 Å². The number of hydrogen-bond acceptors (Lipinski definition) is 5. The topological polar surface area (TPSA) is 76.9 Å². The number of hydrogen-bond donors (Lipinski definition) is 1. The van der Waals surface area contributed by atoms with Gasteiger partial charge in [-0.1, -0.05) is 12.8 Å². The standard InChI is InChI=1S/C21H26N4O2/c26-17-7-9-21(10-8-17)11-15(12-21)23-20-22-13-14-5-6-18(27)25(19(14)24-20)16-3-1-2-4-16/h5-6,13,15-16H,1-4,7-12H2,(H,22,23,24). The van der Waals surface area contributed by atoms with Crippen LogP contribution in [-0.2, 0) is 4.79 Å². The molecule has 142 valence electrons. The molecule has 3 aliphatic rings. The Morgan fingerprint density at radius 1 is 1.07 bits per heavy atom. The van der Waals surface area contributed by atoms with Crippen molar-refractivity contribution >= 4 is 22.8 Å². The maximum atomic E-state index is 12.5. The van der Waals surface area contributed by atoms with Crippen LogP contribution in [0.4, 0.5) is 5.95 Å². The minimum absolute atomic E-state index is 0.0357. The highest BCUT2D eigenvalue weighted by atomic mass is 16.1. The molecule has 2 aromatic rings. The minimum Gasteiger partial charge on any atom is -0.351 e. The van der Waals surface area contributed by atoms with E-state index in [-0.39, 0.29) is 11.6 Å². The van der Waals surface area contributed by atoms with Gasteiger partial charge in [0.25, 0.3) is 5.56 Å². The average Bonchev–Trinajstić information content (AvgIpc) is 3.16. The van der Waals surface area contributed by atoms with Crippen LogP contribution in [0.1, 0.15) is 70.3 Å². The lowest BCUT2D eigenvalue weighted by atomic mass is 9.58. The number of nitrogens with one attached hydrogen (secondary N) is 1. The van der Waals surface area contributed by atoms with Crippen molar-refractivity contribution in [1.29, 1.82) is 0 Å². The first-order valence-corrected chi connectivity index (χ1v) is 10.3. The zero-order chi connectivity index (χ0) is 18.4. The van der Waals surface area contributed by atoms with Crippen molar-refractivity contribution in [3.8, 4) is 0 Å². The average molecular weight is 366 g/mol. The molecule has 1 spiro atoms. The number of carbonyl (C=O) groups is 1. The van der Waals surface area contributed by atoms with E-state index in [0.717, 1.165) is 62.4 Å². The summed E-state index contributed by atoms with van der Waals surface area (Å²) >= 11 is 0. The van der Waals surface area contributed by atoms with Gasteiger partial charge in [-0.3, -0.25) is 14.2 Å². The lowest BCUT2D eigenvalue weighted by molar-refractivity contribution is -0.124. The minimum atomic E-state index is 0.0357. The SMILES string of the molecule is O=C1CCC2(CC1)CC(Nc1ncc3ccc(=O)n(C4CCCC4)c3n1)C2. The molecule has 5 rings (SSSR count). The molecule has 0 aromatic carbocycles. The number of pyridine rings is 1. The lowest BCUT2D eigenvalue weighted by Gasteiger charge is -2.50. The maximum Gasteiger partial charge on any atom is 0.252 e. The van der Waals surface area contributed by atoms with Crippen LogP contribution in [0, 0.1) is 5.41 Å². The summed E-state index contributed by atoms with van der Waals surface area (Å²) in [4.78, 5) is 33.2. The van der Waals surface area contributed by atoms with Crippen LogP contribution < -0.4 is 10.9 Å². The fourth-order valence-corrected chi connectivity index (χ4v) is 5.36. The van der Waals surface area contributed by atoms with Gasteiger partial charge in [0.15, 0.2) is 0 Å². The number of ketones is 1. The third kappa shape index (κ3) is 3.05. The molecule has 2 aromatic heterocycles. The molecule has 0 unspecified atom stereocenters. The summed E-state index contributed by atoms with van der Waals surface area (Å²) in [6, 6.07) is 4.09. The Labute approximate surface area is 158 Å². The molecule has 3 aliphatic carbocycles. The van der Waals surface area contributed by atoms with Crippen molar-refractivity contribution < 1.29 is 4.79 Å². The van der Waals surface area contributed by atoms with Crippen molar-refractivity contribution in [2.75, 3.05) is 5.32 Å². The predicted octanol–water partition coefficient (Wildman–Crippen LogP) is 3.61. The molecule has 0 bridgehead atoms. The second-order valence-corrected chi connectivity index (χ2v) is 8.74. The van der Waals surface area contributed by atoms with Crippen LogP contribution in [0.2, 0.25) is 0 Å². The van der Waals surface area contributed by atoms with Gasteiger partial charge in [0.05, 0.1) is 0 Å². The molecule has 0 amide bonds. The number of rotatable bonds is 3. The smallest absolute Gasteiger partial charge is 0.252 e. The molecule has 2 heterocycles. The van der Waals surface area contributed by atoms with Crippen LogP contribution in [0.3, 0.4) is 0 Å². The Bertz CT molecular complexity index is 927.